The molecule has 0 saturated heterocycles. The first-order valence-corrected chi connectivity index (χ1v) is 9.95. The fourth-order valence-corrected chi connectivity index (χ4v) is 4.51. The third kappa shape index (κ3) is 3.93. The van der Waals surface area contributed by atoms with Crippen molar-refractivity contribution in [1.82, 2.24) is 0 Å². The summed E-state index contributed by atoms with van der Waals surface area (Å²) in [6.45, 7) is 11.1. The zero-order valence-corrected chi connectivity index (χ0v) is 16.8. The summed E-state index contributed by atoms with van der Waals surface area (Å²) in [7, 11) is 0. The number of thioether (sulfide) groups is 1. The van der Waals surface area contributed by atoms with Gasteiger partial charge in [-0.05, 0) is 66.9 Å². The third-order valence-corrected chi connectivity index (χ3v) is 6.38. The fraction of sp³-hybridized carbons (Fsp3) is 0.333. The number of benzene rings is 1. The highest BCUT2D eigenvalue weighted by Crippen LogP contribution is 2.42. The van der Waals surface area contributed by atoms with Gasteiger partial charge in [0.2, 0.25) is 0 Å². The van der Waals surface area contributed by atoms with Gasteiger partial charge < -0.3 is 0 Å². The number of rotatable bonds is 4. The van der Waals surface area contributed by atoms with Gasteiger partial charge in [0.05, 0.1) is 0 Å². The molecule has 0 heterocycles. The Morgan fingerprint density at radius 1 is 1.20 bits per heavy atom. The molecule has 0 fully saturated rings. The largest absolute Gasteiger partial charge is 0.0946 e. The summed E-state index contributed by atoms with van der Waals surface area (Å²) in [6.07, 6.45) is 16.0. The van der Waals surface area contributed by atoms with Gasteiger partial charge in [0, 0.05) is 10.3 Å². The molecule has 0 unspecified atom stereocenters. The predicted molar refractivity (Wildman–Crippen MR) is 114 cm³/mol. The fourth-order valence-electron chi connectivity index (χ4n) is 3.52. The van der Waals surface area contributed by atoms with Gasteiger partial charge in [-0.25, -0.2) is 0 Å². The van der Waals surface area contributed by atoms with Crippen LogP contribution in [-0.4, -0.2) is 0 Å². The van der Waals surface area contributed by atoms with Crippen LogP contribution in [0.5, 0.6) is 0 Å². The van der Waals surface area contributed by atoms with Crippen molar-refractivity contribution in [3.63, 3.8) is 0 Å². The number of aryl methyl sites for hydroxylation is 1. The zero-order chi connectivity index (χ0) is 18.0. The van der Waals surface area contributed by atoms with E-state index in [1.807, 2.05) is 11.8 Å². The molecule has 0 aliphatic heterocycles. The van der Waals surface area contributed by atoms with Gasteiger partial charge in [-0.2, -0.15) is 0 Å². The quantitative estimate of drug-likeness (QED) is 0.508. The zero-order valence-electron chi connectivity index (χ0n) is 16.0. The second-order valence-corrected chi connectivity index (χ2v) is 8.71. The lowest BCUT2D eigenvalue weighted by Gasteiger charge is -2.17. The molecule has 25 heavy (non-hydrogen) atoms. The molecule has 0 aromatic heterocycles. The highest BCUT2D eigenvalue weighted by Gasteiger charge is 2.28. The average molecular weight is 349 g/mol. The molecule has 2 aliphatic rings. The Morgan fingerprint density at radius 2 is 2.00 bits per heavy atom. The molecule has 0 amide bonds. The number of allylic oxidation sites excluding steroid dienone is 9. The molecule has 2 aliphatic carbocycles. The maximum atomic E-state index is 2.40. The lowest BCUT2D eigenvalue weighted by molar-refractivity contribution is 0.682. The van der Waals surface area contributed by atoms with E-state index in [0.717, 1.165) is 12.8 Å². The second-order valence-electron chi connectivity index (χ2n) is 7.54. The Labute approximate surface area is 157 Å². The van der Waals surface area contributed by atoms with Crippen molar-refractivity contribution in [2.24, 2.45) is 0 Å². The molecule has 0 bridgehead atoms. The monoisotopic (exact) mass is 348 g/mol. The smallest absolute Gasteiger partial charge is 0.00907 e. The standard InChI is InChI=1S/C24H28S/c1-6-20(25-23-10-8-7-9-18(23)3)13-12-19-16-24(4,5)22-15-17(2)11-14-21(19)22/h6-7,9,11-16H,8,10H2,1-5H3/b13-12-,20-6+. The number of hydrogen-bond donors (Lipinski definition) is 0. The Balaban J connectivity index is 1.83. The summed E-state index contributed by atoms with van der Waals surface area (Å²) in [6, 6.07) is 6.83. The topological polar surface area (TPSA) is 0 Å². The van der Waals surface area contributed by atoms with Crippen molar-refractivity contribution in [1.29, 1.82) is 0 Å². The first-order chi connectivity index (χ1) is 11.9. The Bertz CT molecular complexity index is 826. The summed E-state index contributed by atoms with van der Waals surface area (Å²) in [5.74, 6) is 0. The molecule has 1 aromatic rings. The molecule has 130 valence electrons. The van der Waals surface area contributed by atoms with Crippen molar-refractivity contribution in [2.75, 3.05) is 0 Å². The van der Waals surface area contributed by atoms with Gasteiger partial charge in [0.15, 0.2) is 0 Å². The van der Waals surface area contributed by atoms with E-state index in [4.69, 9.17) is 0 Å². The highest BCUT2D eigenvalue weighted by molar-refractivity contribution is 8.06. The van der Waals surface area contributed by atoms with Crippen LogP contribution in [-0.2, 0) is 5.41 Å². The van der Waals surface area contributed by atoms with E-state index in [2.05, 4.69) is 89.3 Å². The molecule has 0 N–H and O–H groups in total. The Morgan fingerprint density at radius 3 is 2.72 bits per heavy atom. The maximum absolute atomic E-state index is 2.40. The molecule has 0 atom stereocenters. The predicted octanol–water partition coefficient (Wildman–Crippen LogP) is 7.49. The summed E-state index contributed by atoms with van der Waals surface area (Å²) in [5, 5.41) is 0. The first kappa shape index (κ1) is 18.1. The van der Waals surface area contributed by atoms with Crippen LogP contribution in [0.4, 0.5) is 0 Å². The summed E-state index contributed by atoms with van der Waals surface area (Å²) in [4.78, 5) is 2.82. The van der Waals surface area contributed by atoms with Crippen molar-refractivity contribution in [2.45, 2.75) is 52.9 Å². The normalized spacial score (nSPS) is 19.6. The number of hydrogen-bond acceptors (Lipinski definition) is 1. The third-order valence-electron chi connectivity index (χ3n) is 5.00. The van der Waals surface area contributed by atoms with Crippen LogP contribution >= 0.6 is 11.8 Å². The van der Waals surface area contributed by atoms with E-state index < -0.39 is 0 Å². The highest BCUT2D eigenvalue weighted by atomic mass is 32.2. The van der Waals surface area contributed by atoms with Gasteiger partial charge in [0.25, 0.3) is 0 Å². The first-order valence-electron chi connectivity index (χ1n) is 9.13. The van der Waals surface area contributed by atoms with Crippen LogP contribution in [0.15, 0.2) is 70.0 Å². The van der Waals surface area contributed by atoms with Crippen LogP contribution in [0.25, 0.3) is 5.57 Å². The summed E-state index contributed by atoms with van der Waals surface area (Å²) in [5.41, 5.74) is 7.02. The van der Waals surface area contributed by atoms with Gasteiger partial charge in [-0.1, -0.05) is 79.8 Å². The molecular formula is C24H28S. The Hall–Kier alpha value is -1.73. The second kappa shape index (κ2) is 7.25. The van der Waals surface area contributed by atoms with E-state index in [1.165, 1.54) is 37.6 Å². The van der Waals surface area contributed by atoms with Crippen LogP contribution < -0.4 is 0 Å². The molecule has 3 rings (SSSR count). The van der Waals surface area contributed by atoms with Crippen LogP contribution in [0.2, 0.25) is 0 Å². The minimum atomic E-state index is 0.109. The van der Waals surface area contributed by atoms with Crippen molar-refractivity contribution < 1.29 is 0 Å². The lowest BCUT2D eigenvalue weighted by atomic mass is 9.86. The maximum Gasteiger partial charge on any atom is 0.00907 e. The van der Waals surface area contributed by atoms with Crippen LogP contribution in [0.3, 0.4) is 0 Å². The lowest BCUT2D eigenvalue weighted by Crippen LogP contribution is -2.10. The van der Waals surface area contributed by atoms with Crippen molar-refractivity contribution >= 4 is 17.3 Å². The van der Waals surface area contributed by atoms with Crippen LogP contribution in [0, 0.1) is 6.92 Å². The number of fused-ring (bicyclic) bond motifs is 1. The van der Waals surface area contributed by atoms with Gasteiger partial charge >= 0.3 is 0 Å². The van der Waals surface area contributed by atoms with Gasteiger partial charge in [0.1, 0.15) is 0 Å². The Kier molecular flexibility index (Phi) is 5.24. The van der Waals surface area contributed by atoms with Crippen molar-refractivity contribution in [3.05, 3.63) is 86.7 Å². The van der Waals surface area contributed by atoms with E-state index >= 15 is 0 Å². The molecule has 0 nitrogen and oxygen atoms in total. The van der Waals surface area contributed by atoms with Gasteiger partial charge in [-0.3, -0.25) is 0 Å². The van der Waals surface area contributed by atoms with Gasteiger partial charge in [-0.15, -0.1) is 0 Å². The molecule has 0 saturated carbocycles. The minimum absolute atomic E-state index is 0.109. The van der Waals surface area contributed by atoms with E-state index in [0.29, 0.717) is 0 Å². The van der Waals surface area contributed by atoms with E-state index in [9.17, 15) is 0 Å². The average Bonchev–Trinajstić information content (AvgIpc) is 2.83. The molecule has 1 aromatic carbocycles. The van der Waals surface area contributed by atoms with Crippen LogP contribution in [0.1, 0.15) is 57.2 Å². The van der Waals surface area contributed by atoms with E-state index in [-0.39, 0.29) is 5.41 Å². The molecular weight excluding hydrogens is 320 g/mol. The summed E-state index contributed by atoms with van der Waals surface area (Å²) >= 11 is 1.92. The molecule has 0 radical (unpaired) electrons. The van der Waals surface area contributed by atoms with E-state index in [1.54, 1.807) is 0 Å². The molecule has 1 heteroatoms. The van der Waals surface area contributed by atoms with Crippen molar-refractivity contribution in [3.8, 4) is 0 Å². The molecule has 0 spiro atoms. The minimum Gasteiger partial charge on any atom is -0.0946 e. The summed E-state index contributed by atoms with van der Waals surface area (Å²) < 4.78 is 0. The SMILES string of the molecule is C/C=C(\C=C/C1=CC(C)(C)c2cc(C)ccc21)SC1=C(C)C=CCC1.